The molecule has 0 bridgehead atoms. The van der Waals surface area contributed by atoms with Crippen LogP contribution in [0.15, 0.2) is 41.3 Å². The summed E-state index contributed by atoms with van der Waals surface area (Å²) in [4.78, 5) is 15.0. The summed E-state index contributed by atoms with van der Waals surface area (Å²) in [6.45, 7) is 9.28. The SMILES string of the molecule is COc1ccc(S(=O)(=O)NC(C)c2cc(C)ccc2C)cc1C(=O)N1CCC(C)CC1. The van der Waals surface area contributed by atoms with Crippen molar-refractivity contribution < 1.29 is 17.9 Å². The number of nitrogens with one attached hydrogen (secondary N) is 1. The van der Waals surface area contributed by atoms with Crippen molar-refractivity contribution in [3.8, 4) is 5.75 Å². The molecule has 1 fully saturated rings. The standard InChI is InChI=1S/C24H32N2O4S/c1-16-10-12-26(13-11-16)24(27)22-15-20(8-9-23(22)30-5)31(28,29)25-19(4)21-14-17(2)6-7-18(21)3/h6-9,14-16,19,25H,10-13H2,1-5H3. The maximum atomic E-state index is 13.1. The average Bonchev–Trinajstić information content (AvgIpc) is 2.74. The molecule has 2 aromatic carbocycles. The van der Waals surface area contributed by atoms with E-state index in [4.69, 9.17) is 4.74 Å². The molecule has 1 saturated heterocycles. The first-order valence-electron chi connectivity index (χ1n) is 10.7. The number of nitrogens with zero attached hydrogens (tertiary/aromatic N) is 1. The molecule has 0 aliphatic carbocycles. The van der Waals surface area contributed by atoms with Crippen LogP contribution in [0.3, 0.4) is 0 Å². The van der Waals surface area contributed by atoms with Crippen molar-refractivity contribution in [1.82, 2.24) is 9.62 Å². The molecule has 0 aromatic heterocycles. The number of aryl methyl sites for hydroxylation is 2. The third-order valence-corrected chi connectivity index (χ3v) is 7.55. The zero-order valence-electron chi connectivity index (χ0n) is 18.9. The molecule has 1 amide bonds. The van der Waals surface area contributed by atoms with E-state index in [-0.39, 0.29) is 16.4 Å². The van der Waals surface area contributed by atoms with Gasteiger partial charge in [0.25, 0.3) is 5.91 Å². The van der Waals surface area contributed by atoms with Gasteiger partial charge >= 0.3 is 0 Å². The van der Waals surface area contributed by atoms with Crippen molar-refractivity contribution in [2.24, 2.45) is 5.92 Å². The van der Waals surface area contributed by atoms with Crippen LogP contribution in [0.25, 0.3) is 0 Å². The molecule has 1 aliphatic heterocycles. The van der Waals surface area contributed by atoms with Gasteiger partial charge in [-0.3, -0.25) is 4.79 Å². The molecule has 3 rings (SSSR count). The lowest BCUT2D eigenvalue weighted by atomic mass is 9.98. The molecule has 2 aromatic rings. The van der Waals surface area contributed by atoms with Gasteiger partial charge in [0.15, 0.2) is 0 Å². The van der Waals surface area contributed by atoms with E-state index in [0.29, 0.717) is 24.8 Å². The van der Waals surface area contributed by atoms with Crippen LogP contribution < -0.4 is 9.46 Å². The first kappa shape index (κ1) is 23.3. The van der Waals surface area contributed by atoms with E-state index in [1.54, 1.807) is 11.0 Å². The highest BCUT2D eigenvalue weighted by Gasteiger charge is 2.27. The second kappa shape index (κ2) is 9.40. The second-order valence-corrected chi connectivity index (χ2v) is 10.3. The number of benzene rings is 2. The zero-order valence-corrected chi connectivity index (χ0v) is 19.8. The predicted octanol–water partition coefficient (Wildman–Crippen LogP) is 4.22. The first-order chi connectivity index (χ1) is 14.6. The fourth-order valence-corrected chi connectivity index (χ4v) is 5.24. The second-order valence-electron chi connectivity index (χ2n) is 8.54. The summed E-state index contributed by atoms with van der Waals surface area (Å²) in [6.07, 6.45) is 1.89. The Kier molecular flexibility index (Phi) is 7.06. The van der Waals surface area contributed by atoms with Crippen LogP contribution >= 0.6 is 0 Å². The third kappa shape index (κ3) is 5.28. The number of ether oxygens (including phenoxy) is 1. The summed E-state index contributed by atoms with van der Waals surface area (Å²) in [5, 5.41) is 0. The number of carbonyl (C=O) groups is 1. The molecule has 0 saturated carbocycles. The minimum absolute atomic E-state index is 0.0548. The summed E-state index contributed by atoms with van der Waals surface area (Å²) in [7, 11) is -2.35. The monoisotopic (exact) mass is 444 g/mol. The topological polar surface area (TPSA) is 75.7 Å². The van der Waals surface area contributed by atoms with Crippen LogP contribution in [-0.4, -0.2) is 39.4 Å². The molecule has 1 N–H and O–H groups in total. The molecule has 1 heterocycles. The molecule has 0 spiro atoms. The number of carbonyl (C=O) groups excluding carboxylic acids is 1. The van der Waals surface area contributed by atoms with Crippen LogP contribution in [0.4, 0.5) is 0 Å². The van der Waals surface area contributed by atoms with E-state index in [0.717, 1.165) is 29.5 Å². The van der Waals surface area contributed by atoms with E-state index < -0.39 is 16.1 Å². The number of sulfonamides is 1. The summed E-state index contributed by atoms with van der Waals surface area (Å²) in [5.74, 6) is 0.780. The van der Waals surface area contributed by atoms with Gasteiger partial charge < -0.3 is 9.64 Å². The Hall–Kier alpha value is -2.38. The lowest BCUT2D eigenvalue weighted by molar-refractivity contribution is 0.0693. The fourth-order valence-electron chi connectivity index (χ4n) is 3.99. The van der Waals surface area contributed by atoms with Crippen LogP contribution in [-0.2, 0) is 10.0 Å². The molecule has 6 nitrogen and oxygen atoms in total. The Morgan fingerprint density at radius 3 is 2.45 bits per heavy atom. The van der Waals surface area contributed by atoms with E-state index in [1.165, 1.54) is 19.2 Å². The van der Waals surface area contributed by atoms with E-state index >= 15 is 0 Å². The molecule has 1 atom stereocenters. The maximum Gasteiger partial charge on any atom is 0.257 e. The molecular formula is C24H32N2O4S. The Morgan fingerprint density at radius 2 is 1.81 bits per heavy atom. The largest absolute Gasteiger partial charge is 0.496 e. The van der Waals surface area contributed by atoms with Gasteiger partial charge in [-0.2, -0.15) is 0 Å². The quantitative estimate of drug-likeness (QED) is 0.724. The smallest absolute Gasteiger partial charge is 0.257 e. The van der Waals surface area contributed by atoms with Gasteiger partial charge in [-0.25, -0.2) is 13.1 Å². The molecule has 0 radical (unpaired) electrons. The first-order valence-corrected chi connectivity index (χ1v) is 12.2. The van der Waals surface area contributed by atoms with Crippen LogP contribution in [0, 0.1) is 19.8 Å². The fraction of sp³-hybridized carbons (Fsp3) is 0.458. The normalized spacial score (nSPS) is 16.2. The summed E-state index contributed by atoms with van der Waals surface area (Å²) in [5.41, 5.74) is 3.29. The zero-order chi connectivity index (χ0) is 22.8. The summed E-state index contributed by atoms with van der Waals surface area (Å²) >= 11 is 0. The van der Waals surface area contributed by atoms with Crippen LogP contribution in [0.1, 0.15) is 59.8 Å². The van der Waals surface area contributed by atoms with E-state index in [9.17, 15) is 13.2 Å². The molecule has 1 aliphatic rings. The van der Waals surface area contributed by atoms with Gasteiger partial charge in [0.2, 0.25) is 10.0 Å². The van der Waals surface area contributed by atoms with Gasteiger partial charge in [-0.15, -0.1) is 0 Å². The third-order valence-electron chi connectivity index (χ3n) is 6.02. The molecule has 7 heteroatoms. The van der Waals surface area contributed by atoms with E-state index in [1.807, 2.05) is 39.0 Å². The number of likely N-dealkylation sites (tertiary alicyclic amines) is 1. The number of rotatable bonds is 6. The maximum absolute atomic E-state index is 13.1. The Bertz CT molecular complexity index is 1060. The van der Waals surface area contributed by atoms with Gasteiger partial charge in [-0.05, 0) is 68.9 Å². The minimum atomic E-state index is -3.83. The van der Waals surface area contributed by atoms with Crippen molar-refractivity contribution in [2.75, 3.05) is 20.2 Å². The van der Waals surface area contributed by atoms with E-state index in [2.05, 4.69) is 11.6 Å². The Balaban J connectivity index is 1.88. The molecule has 1 unspecified atom stereocenters. The Labute approximate surface area is 185 Å². The van der Waals surface area contributed by atoms with Crippen molar-refractivity contribution in [2.45, 2.75) is 51.5 Å². The molecule has 168 valence electrons. The number of amides is 1. The molecular weight excluding hydrogens is 412 g/mol. The number of piperidine rings is 1. The van der Waals surface area contributed by atoms with Crippen molar-refractivity contribution >= 4 is 15.9 Å². The van der Waals surface area contributed by atoms with Gasteiger partial charge in [0, 0.05) is 19.1 Å². The van der Waals surface area contributed by atoms with Crippen LogP contribution in [0.2, 0.25) is 0 Å². The lowest BCUT2D eigenvalue weighted by Gasteiger charge is -2.30. The Morgan fingerprint density at radius 1 is 1.13 bits per heavy atom. The highest BCUT2D eigenvalue weighted by Crippen LogP contribution is 2.27. The summed E-state index contributed by atoms with van der Waals surface area (Å²) < 4.78 is 34.4. The number of hydrogen-bond donors (Lipinski definition) is 1. The van der Waals surface area contributed by atoms with Crippen molar-refractivity contribution in [3.63, 3.8) is 0 Å². The minimum Gasteiger partial charge on any atom is -0.496 e. The van der Waals surface area contributed by atoms with Crippen LogP contribution in [0.5, 0.6) is 5.75 Å². The lowest BCUT2D eigenvalue weighted by Crippen LogP contribution is -2.38. The van der Waals surface area contributed by atoms with Gasteiger partial charge in [-0.1, -0.05) is 30.7 Å². The average molecular weight is 445 g/mol. The highest BCUT2D eigenvalue weighted by atomic mass is 32.2. The van der Waals surface area contributed by atoms with Crippen molar-refractivity contribution in [1.29, 1.82) is 0 Å². The highest BCUT2D eigenvalue weighted by molar-refractivity contribution is 7.89. The number of hydrogen-bond acceptors (Lipinski definition) is 4. The van der Waals surface area contributed by atoms with Gasteiger partial charge in [0.1, 0.15) is 5.75 Å². The number of methoxy groups -OCH3 is 1. The molecule has 31 heavy (non-hydrogen) atoms. The predicted molar refractivity (Wildman–Crippen MR) is 122 cm³/mol. The van der Waals surface area contributed by atoms with Crippen molar-refractivity contribution in [3.05, 3.63) is 58.7 Å². The summed E-state index contributed by atoms with van der Waals surface area (Å²) in [6, 6.07) is 10.0. The van der Waals surface area contributed by atoms with Gasteiger partial charge in [0.05, 0.1) is 17.6 Å².